The molecule has 0 fully saturated rings. The summed E-state index contributed by atoms with van der Waals surface area (Å²) in [5, 5.41) is 10.5. The minimum Gasteiger partial charge on any atom is -0.388 e. The molecule has 1 atom stereocenters. The molecule has 2 aromatic carbocycles. The Labute approximate surface area is 118 Å². The van der Waals surface area contributed by atoms with Gasteiger partial charge in [0.05, 0.1) is 6.10 Å². The van der Waals surface area contributed by atoms with Crippen molar-refractivity contribution in [3.63, 3.8) is 0 Å². The highest BCUT2D eigenvalue weighted by molar-refractivity contribution is 9.10. The first-order valence-electron chi connectivity index (χ1n) is 5.44. The van der Waals surface area contributed by atoms with E-state index in [2.05, 4.69) is 15.9 Å². The van der Waals surface area contributed by atoms with Crippen molar-refractivity contribution in [2.75, 3.05) is 0 Å². The van der Waals surface area contributed by atoms with E-state index >= 15 is 0 Å². The van der Waals surface area contributed by atoms with Crippen LogP contribution in [0.25, 0.3) is 0 Å². The lowest BCUT2D eigenvalue weighted by Gasteiger charge is -2.13. The summed E-state index contributed by atoms with van der Waals surface area (Å²) in [4.78, 5) is 0. The SMILES string of the molecule is OC(Cc1ccccc1Br)c1cc(Cl)ccc1F. The maximum atomic E-state index is 13.6. The van der Waals surface area contributed by atoms with Crippen LogP contribution in [0.2, 0.25) is 5.02 Å². The van der Waals surface area contributed by atoms with E-state index in [9.17, 15) is 9.50 Å². The molecule has 4 heteroatoms. The van der Waals surface area contributed by atoms with Gasteiger partial charge in [0.25, 0.3) is 0 Å². The van der Waals surface area contributed by atoms with Crippen molar-refractivity contribution in [2.24, 2.45) is 0 Å². The molecule has 0 bridgehead atoms. The van der Waals surface area contributed by atoms with E-state index in [-0.39, 0.29) is 5.56 Å². The van der Waals surface area contributed by atoms with Gasteiger partial charge >= 0.3 is 0 Å². The quantitative estimate of drug-likeness (QED) is 0.878. The van der Waals surface area contributed by atoms with Crippen molar-refractivity contribution in [3.8, 4) is 0 Å². The number of halogens is 3. The normalized spacial score (nSPS) is 12.4. The molecule has 0 radical (unpaired) electrons. The first-order valence-corrected chi connectivity index (χ1v) is 6.61. The number of aliphatic hydroxyl groups excluding tert-OH is 1. The highest BCUT2D eigenvalue weighted by atomic mass is 79.9. The molecular weight excluding hydrogens is 319 g/mol. The number of aliphatic hydroxyl groups is 1. The van der Waals surface area contributed by atoms with Crippen LogP contribution in [0.1, 0.15) is 17.2 Å². The molecule has 2 rings (SSSR count). The summed E-state index contributed by atoms with van der Waals surface area (Å²) in [5.74, 6) is -0.445. The van der Waals surface area contributed by atoms with Crippen LogP contribution >= 0.6 is 27.5 Å². The minimum atomic E-state index is -0.914. The largest absolute Gasteiger partial charge is 0.388 e. The molecule has 0 saturated carbocycles. The van der Waals surface area contributed by atoms with E-state index in [0.29, 0.717) is 11.4 Å². The van der Waals surface area contributed by atoms with Crippen molar-refractivity contribution >= 4 is 27.5 Å². The van der Waals surface area contributed by atoms with Gasteiger partial charge in [-0.25, -0.2) is 4.39 Å². The molecular formula is C14H11BrClFO. The van der Waals surface area contributed by atoms with Crippen molar-refractivity contribution in [1.29, 1.82) is 0 Å². The van der Waals surface area contributed by atoms with E-state index in [1.807, 2.05) is 24.3 Å². The molecule has 0 heterocycles. The van der Waals surface area contributed by atoms with Gasteiger partial charge in [0.15, 0.2) is 0 Å². The van der Waals surface area contributed by atoms with Gasteiger partial charge < -0.3 is 5.11 Å². The highest BCUT2D eigenvalue weighted by Gasteiger charge is 2.15. The van der Waals surface area contributed by atoms with Crippen molar-refractivity contribution in [1.82, 2.24) is 0 Å². The maximum Gasteiger partial charge on any atom is 0.129 e. The van der Waals surface area contributed by atoms with Crippen molar-refractivity contribution in [2.45, 2.75) is 12.5 Å². The summed E-state index contributed by atoms with van der Waals surface area (Å²) in [5.41, 5.74) is 1.14. The van der Waals surface area contributed by atoms with Gasteiger partial charge in [-0.2, -0.15) is 0 Å². The molecule has 0 saturated heterocycles. The molecule has 0 aliphatic carbocycles. The third-order valence-corrected chi connectivity index (χ3v) is 3.70. The zero-order valence-electron chi connectivity index (χ0n) is 9.41. The summed E-state index contributed by atoms with van der Waals surface area (Å²) >= 11 is 9.21. The summed E-state index contributed by atoms with van der Waals surface area (Å²) in [6, 6.07) is 11.7. The Morgan fingerprint density at radius 1 is 1.22 bits per heavy atom. The van der Waals surface area contributed by atoms with Gasteiger partial charge in [-0.15, -0.1) is 0 Å². The Morgan fingerprint density at radius 3 is 2.67 bits per heavy atom. The Balaban J connectivity index is 2.25. The lowest BCUT2D eigenvalue weighted by atomic mass is 10.0. The molecule has 0 aliphatic heterocycles. The van der Waals surface area contributed by atoms with Gasteiger partial charge in [0.2, 0.25) is 0 Å². The molecule has 0 spiro atoms. The summed E-state index contributed by atoms with van der Waals surface area (Å²) in [6.07, 6.45) is -0.582. The fourth-order valence-corrected chi connectivity index (χ4v) is 2.38. The van der Waals surface area contributed by atoms with E-state index in [1.165, 1.54) is 18.2 Å². The van der Waals surface area contributed by atoms with Crippen LogP contribution in [0.15, 0.2) is 46.9 Å². The first kappa shape index (κ1) is 13.5. The van der Waals surface area contributed by atoms with Gasteiger partial charge in [-0.1, -0.05) is 45.7 Å². The third kappa shape index (κ3) is 3.10. The van der Waals surface area contributed by atoms with Gasteiger partial charge in [0.1, 0.15) is 5.82 Å². The van der Waals surface area contributed by atoms with E-state index in [0.717, 1.165) is 10.0 Å². The molecule has 1 nitrogen and oxygen atoms in total. The third-order valence-electron chi connectivity index (χ3n) is 2.69. The van der Waals surface area contributed by atoms with Gasteiger partial charge in [0, 0.05) is 21.5 Å². The fourth-order valence-electron chi connectivity index (χ4n) is 1.75. The molecule has 18 heavy (non-hydrogen) atoms. The lowest BCUT2D eigenvalue weighted by molar-refractivity contribution is 0.173. The lowest BCUT2D eigenvalue weighted by Crippen LogP contribution is -2.05. The van der Waals surface area contributed by atoms with Gasteiger partial charge in [-0.05, 0) is 29.8 Å². The Bertz CT molecular complexity index is 559. The van der Waals surface area contributed by atoms with Crippen LogP contribution in [0, 0.1) is 5.82 Å². The molecule has 0 amide bonds. The van der Waals surface area contributed by atoms with Crippen LogP contribution < -0.4 is 0 Å². The molecule has 94 valence electrons. The monoisotopic (exact) mass is 328 g/mol. The number of hydrogen-bond donors (Lipinski definition) is 1. The topological polar surface area (TPSA) is 20.2 Å². The minimum absolute atomic E-state index is 0.221. The molecule has 0 aromatic heterocycles. The number of benzene rings is 2. The van der Waals surface area contributed by atoms with Crippen LogP contribution in [-0.4, -0.2) is 5.11 Å². The van der Waals surface area contributed by atoms with Gasteiger partial charge in [-0.3, -0.25) is 0 Å². The van der Waals surface area contributed by atoms with Crippen LogP contribution in [0.4, 0.5) is 4.39 Å². The zero-order valence-corrected chi connectivity index (χ0v) is 11.7. The summed E-state index contributed by atoms with van der Waals surface area (Å²) in [7, 11) is 0. The predicted molar refractivity (Wildman–Crippen MR) is 74.2 cm³/mol. The predicted octanol–water partition coefficient (Wildman–Crippen LogP) is 4.52. The molecule has 2 aromatic rings. The second-order valence-corrected chi connectivity index (χ2v) is 5.27. The second kappa shape index (κ2) is 5.83. The Morgan fingerprint density at radius 2 is 1.94 bits per heavy atom. The summed E-state index contributed by atoms with van der Waals surface area (Å²) < 4.78 is 14.5. The summed E-state index contributed by atoms with van der Waals surface area (Å²) in [6.45, 7) is 0. The molecule has 1 unspecified atom stereocenters. The number of hydrogen-bond acceptors (Lipinski definition) is 1. The second-order valence-electron chi connectivity index (χ2n) is 3.98. The Kier molecular flexibility index (Phi) is 4.38. The van der Waals surface area contributed by atoms with Crippen molar-refractivity contribution in [3.05, 3.63) is 68.9 Å². The smallest absolute Gasteiger partial charge is 0.129 e. The fraction of sp³-hybridized carbons (Fsp3) is 0.143. The van der Waals surface area contributed by atoms with Crippen molar-refractivity contribution < 1.29 is 9.50 Å². The van der Waals surface area contributed by atoms with Crippen LogP contribution in [0.3, 0.4) is 0 Å². The highest BCUT2D eigenvalue weighted by Crippen LogP contribution is 2.27. The van der Waals surface area contributed by atoms with E-state index in [1.54, 1.807) is 0 Å². The zero-order chi connectivity index (χ0) is 13.1. The average Bonchev–Trinajstić information content (AvgIpc) is 2.35. The maximum absolute atomic E-state index is 13.6. The number of rotatable bonds is 3. The first-order chi connectivity index (χ1) is 8.58. The van der Waals surface area contributed by atoms with E-state index in [4.69, 9.17) is 11.6 Å². The van der Waals surface area contributed by atoms with E-state index < -0.39 is 11.9 Å². The van der Waals surface area contributed by atoms with Crippen LogP contribution in [-0.2, 0) is 6.42 Å². The molecule has 0 aliphatic rings. The Hall–Kier alpha value is -0.900. The average molecular weight is 330 g/mol. The molecule has 1 N–H and O–H groups in total. The standard InChI is InChI=1S/C14H11BrClFO/c15-12-4-2-1-3-9(12)7-14(18)11-8-10(16)5-6-13(11)17/h1-6,8,14,18H,7H2. The van der Waals surface area contributed by atoms with Crippen LogP contribution in [0.5, 0.6) is 0 Å².